The normalized spacial score (nSPS) is 14.0. The summed E-state index contributed by atoms with van der Waals surface area (Å²) in [5.41, 5.74) is 2.50. The van der Waals surface area contributed by atoms with Gasteiger partial charge in [-0.15, -0.1) is 24.3 Å². The number of hydrogen-bond acceptors (Lipinski definition) is 5. The maximum Gasteiger partial charge on any atom is 1.00 e. The van der Waals surface area contributed by atoms with Crippen LogP contribution < -0.4 is 40.2 Å². The van der Waals surface area contributed by atoms with Gasteiger partial charge in [0.1, 0.15) is 5.84 Å². The molecule has 0 aromatic heterocycles. The second-order valence-electron chi connectivity index (χ2n) is 8.13. The zero-order chi connectivity index (χ0) is 28.3. The Kier molecular flexibility index (Phi) is 14.4. The molecule has 3 rings (SSSR count). The summed E-state index contributed by atoms with van der Waals surface area (Å²) < 4.78 is 43.2. The molecule has 2 amide bonds. The van der Waals surface area contributed by atoms with E-state index in [9.17, 15) is 18.0 Å². The van der Waals surface area contributed by atoms with Crippen LogP contribution in [0, 0.1) is 30.7 Å². The second kappa shape index (κ2) is 16.4. The van der Waals surface area contributed by atoms with Crippen molar-refractivity contribution < 1.29 is 52.3 Å². The Morgan fingerprint density at radius 3 is 2.38 bits per heavy atom. The predicted molar refractivity (Wildman–Crippen MR) is 142 cm³/mol. The van der Waals surface area contributed by atoms with E-state index in [2.05, 4.69) is 23.6 Å². The number of allylic oxidation sites excluding steroid dienone is 1. The van der Waals surface area contributed by atoms with Gasteiger partial charge in [0.05, 0.1) is 12.6 Å². The van der Waals surface area contributed by atoms with Crippen molar-refractivity contribution in [3.8, 4) is 0 Å². The van der Waals surface area contributed by atoms with Gasteiger partial charge >= 0.3 is 41.8 Å². The average Bonchev–Trinajstić information content (AvgIpc) is 2.89. The van der Waals surface area contributed by atoms with Crippen LogP contribution in [-0.2, 0) is 4.74 Å². The van der Waals surface area contributed by atoms with Crippen molar-refractivity contribution in [2.45, 2.75) is 25.7 Å². The molecule has 39 heavy (non-hydrogen) atoms. The number of amidine groups is 1. The predicted octanol–water partition coefficient (Wildman–Crippen LogP) is 2.65. The van der Waals surface area contributed by atoms with Crippen LogP contribution in [0.5, 0.6) is 0 Å². The summed E-state index contributed by atoms with van der Waals surface area (Å²) in [6.45, 7) is 4.57. The first-order valence-electron chi connectivity index (χ1n) is 11.4. The number of carbonyl (C=O) groups is 1. The number of nitrogens with zero attached hydrogens (tertiary/aromatic N) is 1. The Labute approximate surface area is 253 Å². The summed E-state index contributed by atoms with van der Waals surface area (Å²) in [6.07, 6.45) is -0.267. The quantitative estimate of drug-likeness (QED) is 0.178. The number of carbonyl (C=O) groups excluding carboxylic acids is 1. The van der Waals surface area contributed by atoms with E-state index in [0.717, 1.165) is 21.0 Å². The zero-order valence-electron chi connectivity index (χ0n) is 22.0. The Morgan fingerprint density at radius 1 is 1.21 bits per heavy atom. The van der Waals surface area contributed by atoms with Gasteiger partial charge in [-0.25, -0.2) is 4.79 Å². The molecule has 0 spiro atoms. The van der Waals surface area contributed by atoms with E-state index in [0.29, 0.717) is 11.1 Å². The Bertz CT molecular complexity index is 1170. The molecule has 1 unspecified atom stereocenters. The van der Waals surface area contributed by atoms with Crippen molar-refractivity contribution in [1.82, 2.24) is 15.5 Å². The number of urea groups is 1. The van der Waals surface area contributed by atoms with E-state index >= 15 is 0 Å². The Hall–Kier alpha value is -2.76. The van der Waals surface area contributed by atoms with E-state index in [-0.39, 0.29) is 47.6 Å². The smallest absolute Gasteiger partial charge is 0.384 e. The number of methoxy groups -OCH3 is 1. The third kappa shape index (κ3) is 11.9. The minimum absolute atomic E-state index is 0. The van der Waals surface area contributed by atoms with Gasteiger partial charge < -0.3 is 20.8 Å². The second-order valence-corrected chi connectivity index (χ2v) is 8.54. The van der Waals surface area contributed by atoms with Gasteiger partial charge in [-0.1, -0.05) is 52.8 Å². The summed E-state index contributed by atoms with van der Waals surface area (Å²) >= 11 is 5.65. The van der Waals surface area contributed by atoms with E-state index in [1.807, 2.05) is 31.2 Å². The molecule has 1 aliphatic heterocycles. The van der Waals surface area contributed by atoms with Crippen LogP contribution in [-0.4, -0.2) is 55.1 Å². The number of aryl methyl sites for hydroxylation is 1. The zero-order valence-corrected chi connectivity index (χ0v) is 24.7. The van der Waals surface area contributed by atoms with Crippen molar-refractivity contribution in [1.29, 1.82) is 10.8 Å². The Morgan fingerprint density at radius 2 is 1.85 bits per heavy atom. The first kappa shape index (κ1) is 34.3. The number of hydrogen-bond donors (Lipinski definition) is 4. The third-order valence-corrected chi connectivity index (χ3v) is 5.55. The molecule has 7 nitrogen and oxygen atoms in total. The molecule has 2 aromatic rings. The minimum Gasteiger partial charge on any atom is -0.384 e. The van der Waals surface area contributed by atoms with Gasteiger partial charge in [-0.2, -0.15) is 48.9 Å². The molecule has 0 saturated heterocycles. The molecule has 2 aromatic carbocycles. The summed E-state index contributed by atoms with van der Waals surface area (Å²) in [5, 5.41) is 22.3. The van der Waals surface area contributed by atoms with Crippen molar-refractivity contribution in [3.63, 3.8) is 0 Å². The number of alkyl halides is 3. The summed E-state index contributed by atoms with van der Waals surface area (Å²) in [7, 11) is 1.46. The first-order valence-corrected chi connectivity index (χ1v) is 11.8. The molecule has 0 bridgehead atoms. The largest absolute Gasteiger partial charge is 1.00 e. The van der Waals surface area contributed by atoms with Crippen LogP contribution in [0.3, 0.4) is 0 Å². The van der Waals surface area contributed by atoms with Gasteiger partial charge in [0.2, 0.25) is 0 Å². The number of rotatable bonds is 7. The summed E-state index contributed by atoms with van der Waals surface area (Å²) in [6, 6.07) is 13.2. The van der Waals surface area contributed by atoms with E-state index in [4.69, 9.17) is 27.2 Å². The van der Waals surface area contributed by atoms with Crippen LogP contribution in [0.15, 0.2) is 66.4 Å². The maximum absolute atomic E-state index is 12.7. The van der Waals surface area contributed by atoms with Gasteiger partial charge in [0, 0.05) is 25.8 Å². The third-order valence-electron chi connectivity index (χ3n) is 5.18. The van der Waals surface area contributed by atoms with Gasteiger partial charge in [-0.05, 0) is 6.92 Å². The Balaban J connectivity index is 0.000000722. The standard InChI is InChI=1S/C20H23F3N5O2.C7H6Cl.Na/c1-13-3-5-14(6-4-13)18(25)28(10-8-20(21,22)23)19(29)27-12-16(24)15-7-9-26-17(11-15)30-2;1-6-4-2-3-5-7(6)8;/h3-7,9,17,24-26H,8,10,12H2,1-2H3,(H,27,29);2-5H,1H2;/q2*-1;+1. The van der Waals surface area contributed by atoms with Gasteiger partial charge in [0.25, 0.3) is 0 Å². The number of amides is 2. The number of ether oxygens (including phenoxy) is 1. The topological polar surface area (TPSA) is 101 Å². The summed E-state index contributed by atoms with van der Waals surface area (Å²) in [5.74, 6) is -0.352. The molecule has 1 atom stereocenters. The number of nitrogens with one attached hydrogen (secondary N) is 4. The fourth-order valence-corrected chi connectivity index (χ4v) is 3.17. The summed E-state index contributed by atoms with van der Waals surface area (Å²) in [4.78, 5) is 13.3. The van der Waals surface area contributed by atoms with Crippen molar-refractivity contribution >= 4 is 29.2 Å². The molecule has 204 valence electrons. The van der Waals surface area contributed by atoms with Crippen LogP contribution in [0.25, 0.3) is 0 Å². The van der Waals surface area contributed by atoms with Crippen molar-refractivity contribution in [2.75, 3.05) is 20.2 Å². The van der Waals surface area contributed by atoms with E-state index in [1.54, 1.807) is 36.5 Å². The van der Waals surface area contributed by atoms with Crippen molar-refractivity contribution in [3.05, 3.63) is 101 Å². The average molecular weight is 571 g/mol. The fraction of sp³-hybridized carbons (Fsp3) is 0.259. The van der Waals surface area contributed by atoms with Gasteiger partial charge in [-0.3, -0.25) is 10.3 Å². The van der Waals surface area contributed by atoms with E-state index in [1.165, 1.54) is 7.11 Å². The molecular formula is C27H29ClF3N5NaO2-. The molecule has 1 aliphatic rings. The first-order chi connectivity index (χ1) is 17.9. The maximum atomic E-state index is 12.7. The molecule has 0 aliphatic carbocycles. The van der Waals surface area contributed by atoms with Crippen molar-refractivity contribution in [2.24, 2.45) is 0 Å². The van der Waals surface area contributed by atoms with E-state index < -0.39 is 31.4 Å². The van der Waals surface area contributed by atoms with Crippen LogP contribution in [0.2, 0.25) is 5.02 Å². The van der Waals surface area contributed by atoms with Crippen LogP contribution in [0.1, 0.15) is 23.1 Å². The molecule has 0 fully saturated rings. The molecule has 0 radical (unpaired) electrons. The van der Waals surface area contributed by atoms with Gasteiger partial charge in [0.15, 0.2) is 0 Å². The molecule has 4 N–H and O–H groups in total. The number of dihydropyridines is 1. The SMILES string of the molecule is COC1[C-]=C(C(=N)CNC(=O)N(CCC(F)(F)F)C(=N)c2ccc(C)cc2)C=CN1.[CH2-]c1ccccc1Cl.[Na+]. The molecule has 1 heterocycles. The van der Waals surface area contributed by atoms with Crippen LogP contribution in [0.4, 0.5) is 18.0 Å². The number of benzene rings is 2. The van der Waals surface area contributed by atoms with Crippen LogP contribution >= 0.6 is 11.6 Å². The molecular weight excluding hydrogens is 542 g/mol. The molecule has 0 saturated carbocycles. The number of halogens is 4. The minimum atomic E-state index is -4.48. The fourth-order valence-electron chi connectivity index (χ4n) is 3.04. The monoisotopic (exact) mass is 570 g/mol. The molecule has 12 heteroatoms.